The van der Waals surface area contributed by atoms with Crippen LogP contribution in [0.2, 0.25) is 0 Å². The number of benzene rings is 1. The summed E-state index contributed by atoms with van der Waals surface area (Å²) in [5, 5.41) is 3.30. The summed E-state index contributed by atoms with van der Waals surface area (Å²) in [7, 11) is 0. The highest BCUT2D eigenvalue weighted by Gasteiger charge is 2.27. The van der Waals surface area contributed by atoms with E-state index in [2.05, 4.69) is 42.6 Å². The molecule has 1 amide bonds. The maximum atomic E-state index is 12.4. The normalized spacial score (nSPS) is 30.7. The van der Waals surface area contributed by atoms with E-state index in [1.165, 1.54) is 29.7 Å². The molecule has 3 N–H and O–H groups in total. The number of hydrogen-bond acceptors (Lipinski definition) is 1. The van der Waals surface area contributed by atoms with Crippen LogP contribution < -0.4 is 15.1 Å². The molecule has 1 aromatic rings. The average Bonchev–Trinajstić information content (AvgIpc) is 2.60. The van der Waals surface area contributed by atoms with Gasteiger partial charge >= 0.3 is 0 Å². The van der Waals surface area contributed by atoms with Crippen LogP contribution in [0.4, 0.5) is 0 Å². The molecule has 1 aromatic carbocycles. The third-order valence-electron chi connectivity index (χ3n) is 5.83. The molecule has 3 rings (SSSR count). The van der Waals surface area contributed by atoms with Crippen molar-refractivity contribution in [2.75, 3.05) is 32.7 Å². The van der Waals surface area contributed by atoms with Gasteiger partial charge in [0.15, 0.2) is 6.54 Å². The summed E-state index contributed by atoms with van der Waals surface area (Å²) in [5.74, 6) is 0.903. The van der Waals surface area contributed by atoms with Crippen LogP contribution in [0.3, 0.4) is 0 Å². The van der Waals surface area contributed by atoms with Crippen LogP contribution in [0.25, 0.3) is 0 Å². The van der Waals surface area contributed by atoms with E-state index in [4.69, 9.17) is 0 Å². The van der Waals surface area contributed by atoms with E-state index < -0.39 is 0 Å². The van der Waals surface area contributed by atoms with Gasteiger partial charge in [-0.3, -0.25) is 4.79 Å². The second-order valence-corrected chi connectivity index (χ2v) is 7.77. The summed E-state index contributed by atoms with van der Waals surface area (Å²) in [4.78, 5) is 15.5. The van der Waals surface area contributed by atoms with Gasteiger partial charge in [-0.2, -0.15) is 0 Å². The van der Waals surface area contributed by atoms with E-state index >= 15 is 0 Å². The molecule has 2 atom stereocenters. The minimum atomic E-state index is 0.259. The molecule has 1 heterocycles. The minimum absolute atomic E-state index is 0.259. The molecule has 132 valence electrons. The average molecular weight is 332 g/mol. The van der Waals surface area contributed by atoms with Crippen LogP contribution in [-0.4, -0.2) is 44.7 Å². The Labute approximate surface area is 146 Å². The van der Waals surface area contributed by atoms with Crippen LogP contribution in [0.15, 0.2) is 30.3 Å². The van der Waals surface area contributed by atoms with Gasteiger partial charge in [0.25, 0.3) is 5.91 Å². The number of rotatable bonds is 5. The van der Waals surface area contributed by atoms with Crippen molar-refractivity contribution in [3.63, 3.8) is 0 Å². The lowest BCUT2D eigenvalue weighted by atomic mass is 9.86. The van der Waals surface area contributed by atoms with Crippen LogP contribution >= 0.6 is 0 Å². The Morgan fingerprint density at radius 2 is 1.71 bits per heavy atom. The van der Waals surface area contributed by atoms with Gasteiger partial charge in [-0.25, -0.2) is 0 Å². The molecule has 4 nitrogen and oxygen atoms in total. The molecular weight excluding hydrogens is 298 g/mol. The lowest BCUT2D eigenvalue weighted by Gasteiger charge is -2.32. The van der Waals surface area contributed by atoms with Crippen molar-refractivity contribution in [1.29, 1.82) is 0 Å². The first kappa shape index (κ1) is 17.4. The molecule has 1 saturated carbocycles. The number of carbonyl (C=O) groups excluding carboxylic acids is 1. The van der Waals surface area contributed by atoms with E-state index in [0.29, 0.717) is 18.5 Å². The van der Waals surface area contributed by atoms with E-state index in [1.54, 1.807) is 4.90 Å². The van der Waals surface area contributed by atoms with Crippen molar-refractivity contribution in [3.8, 4) is 0 Å². The van der Waals surface area contributed by atoms with E-state index in [1.807, 2.05) is 0 Å². The first-order valence-electron chi connectivity index (χ1n) is 9.71. The molecule has 0 aromatic heterocycles. The highest BCUT2D eigenvalue weighted by atomic mass is 16.2. The summed E-state index contributed by atoms with van der Waals surface area (Å²) in [6, 6.07) is 11.2. The van der Waals surface area contributed by atoms with Crippen LogP contribution in [0.1, 0.15) is 38.2 Å². The molecule has 2 aliphatic rings. The zero-order chi connectivity index (χ0) is 16.8. The molecule has 0 radical (unpaired) electrons. The van der Waals surface area contributed by atoms with Crippen molar-refractivity contribution in [2.24, 2.45) is 5.92 Å². The number of hydrogen-bond donors (Lipinski definition) is 3. The van der Waals surface area contributed by atoms with Gasteiger partial charge in [0.2, 0.25) is 0 Å². The Bertz CT molecular complexity index is 511. The fraction of sp³-hybridized carbons (Fsp3) is 0.650. The van der Waals surface area contributed by atoms with Gasteiger partial charge in [0.05, 0.1) is 0 Å². The molecular formula is C20H33N3O+2. The van der Waals surface area contributed by atoms with Crippen molar-refractivity contribution in [1.82, 2.24) is 5.32 Å². The van der Waals surface area contributed by atoms with E-state index in [9.17, 15) is 4.79 Å². The Morgan fingerprint density at radius 3 is 2.42 bits per heavy atom. The monoisotopic (exact) mass is 331 g/mol. The van der Waals surface area contributed by atoms with Crippen molar-refractivity contribution >= 4 is 5.91 Å². The maximum absolute atomic E-state index is 12.4. The third-order valence-corrected chi connectivity index (χ3v) is 5.83. The first-order valence-corrected chi connectivity index (χ1v) is 9.71. The van der Waals surface area contributed by atoms with Crippen molar-refractivity contribution in [3.05, 3.63) is 35.9 Å². The van der Waals surface area contributed by atoms with Gasteiger partial charge < -0.3 is 15.1 Å². The minimum Gasteiger partial charge on any atom is -0.348 e. The van der Waals surface area contributed by atoms with Crippen molar-refractivity contribution in [2.45, 2.75) is 45.2 Å². The Balaban J connectivity index is 1.38. The molecule has 1 aliphatic heterocycles. The number of piperazine rings is 1. The smallest absolute Gasteiger partial charge is 0.275 e. The highest BCUT2D eigenvalue weighted by molar-refractivity contribution is 5.77. The maximum Gasteiger partial charge on any atom is 0.275 e. The predicted molar refractivity (Wildman–Crippen MR) is 96.0 cm³/mol. The summed E-state index contributed by atoms with van der Waals surface area (Å²) in [6.07, 6.45) is 5.02. The van der Waals surface area contributed by atoms with Crippen LogP contribution in [0, 0.1) is 5.92 Å². The Morgan fingerprint density at radius 1 is 1.04 bits per heavy atom. The molecule has 24 heavy (non-hydrogen) atoms. The number of nitrogens with one attached hydrogen (secondary N) is 3. The number of carbonyl (C=O) groups is 1. The number of quaternary nitrogens is 2. The van der Waals surface area contributed by atoms with E-state index in [0.717, 1.165) is 39.1 Å². The summed E-state index contributed by atoms with van der Waals surface area (Å²) >= 11 is 0. The largest absolute Gasteiger partial charge is 0.348 e. The van der Waals surface area contributed by atoms with E-state index in [-0.39, 0.29) is 5.91 Å². The van der Waals surface area contributed by atoms with Gasteiger partial charge in [-0.05, 0) is 18.8 Å². The fourth-order valence-corrected chi connectivity index (χ4v) is 4.21. The van der Waals surface area contributed by atoms with Crippen molar-refractivity contribution < 1.29 is 14.6 Å². The second-order valence-electron chi connectivity index (χ2n) is 7.77. The molecule has 1 saturated heterocycles. The first-order chi connectivity index (χ1) is 11.7. The van der Waals surface area contributed by atoms with Gasteiger partial charge in [-0.1, -0.05) is 50.1 Å². The van der Waals surface area contributed by atoms with Gasteiger partial charge in [0.1, 0.15) is 32.7 Å². The predicted octanol–water partition coefficient (Wildman–Crippen LogP) is -0.335. The lowest BCUT2D eigenvalue weighted by Crippen LogP contribution is -3.28. The Hall–Kier alpha value is -1.39. The lowest BCUT2D eigenvalue weighted by molar-refractivity contribution is -1.02. The fourth-order valence-electron chi connectivity index (χ4n) is 4.21. The van der Waals surface area contributed by atoms with Gasteiger partial charge in [-0.15, -0.1) is 0 Å². The third kappa shape index (κ3) is 5.05. The summed E-state index contributed by atoms with van der Waals surface area (Å²) < 4.78 is 0. The SMILES string of the molecule is C[C@@H]1CCCC[C@H]1NC(=O)C[NH+]1CC[NH+](Cc2ccccc2)CC1. The summed E-state index contributed by atoms with van der Waals surface area (Å²) in [5.41, 5.74) is 1.42. The Kier molecular flexibility index (Phi) is 6.27. The molecule has 0 bridgehead atoms. The zero-order valence-electron chi connectivity index (χ0n) is 15.0. The second kappa shape index (κ2) is 8.63. The van der Waals surface area contributed by atoms with Gasteiger partial charge in [0, 0.05) is 11.6 Å². The molecule has 2 fully saturated rings. The van der Waals surface area contributed by atoms with Crippen LogP contribution in [-0.2, 0) is 11.3 Å². The highest BCUT2D eigenvalue weighted by Crippen LogP contribution is 2.23. The molecule has 1 aliphatic carbocycles. The summed E-state index contributed by atoms with van der Waals surface area (Å²) in [6.45, 7) is 8.59. The quantitative estimate of drug-likeness (QED) is 0.679. The molecule has 0 unspecified atom stereocenters. The standard InChI is InChI=1S/C20H31N3O/c1-17-7-5-6-10-19(17)21-20(24)16-23-13-11-22(12-14-23)15-18-8-3-2-4-9-18/h2-4,8-9,17,19H,5-7,10-16H2,1H3,(H,21,24)/p+2/t17-,19-/m1/s1. The molecule has 0 spiro atoms. The zero-order valence-corrected chi connectivity index (χ0v) is 15.0. The number of amides is 1. The molecule has 4 heteroatoms. The topological polar surface area (TPSA) is 38.0 Å². The van der Waals surface area contributed by atoms with Crippen LogP contribution in [0.5, 0.6) is 0 Å².